The van der Waals surface area contributed by atoms with Crippen LogP contribution in [0, 0.1) is 0 Å². The molecular formula is C6H11NO3. The number of hydrogen-bond acceptors (Lipinski definition) is 2. The van der Waals surface area contributed by atoms with Crippen molar-refractivity contribution < 1.29 is 16.1 Å². The lowest BCUT2D eigenvalue weighted by Gasteiger charge is -2.06. The summed E-state index contributed by atoms with van der Waals surface area (Å²) in [5.41, 5.74) is 0. The van der Waals surface area contributed by atoms with Crippen molar-refractivity contribution in [3.8, 4) is 0 Å². The number of carboxylic acid groups (broad SMARTS) is 1. The van der Waals surface area contributed by atoms with E-state index >= 15 is 0 Å². The quantitative estimate of drug-likeness (QED) is 0.588. The van der Waals surface area contributed by atoms with Crippen LogP contribution in [0.1, 0.15) is 21.6 Å². The number of nitrogens with one attached hydrogen (secondary N) is 1. The van der Waals surface area contributed by atoms with Crippen molar-refractivity contribution >= 4 is 11.9 Å². The molecule has 1 amide bonds. The van der Waals surface area contributed by atoms with Crippen molar-refractivity contribution in [1.82, 2.24) is 5.32 Å². The number of aliphatic carboxylic acids is 1. The molecule has 0 aliphatic rings. The van der Waals surface area contributed by atoms with Crippen molar-refractivity contribution in [2.24, 2.45) is 0 Å². The number of amides is 1. The zero-order valence-corrected chi connectivity index (χ0v) is 5.76. The smallest absolute Gasteiger partial charge is 0.325 e. The van der Waals surface area contributed by atoms with Crippen LogP contribution in [0.3, 0.4) is 0 Å². The van der Waals surface area contributed by atoms with Gasteiger partial charge in [0.2, 0.25) is 5.91 Å². The van der Waals surface area contributed by atoms with Gasteiger partial charge in [-0.3, -0.25) is 9.59 Å². The summed E-state index contributed by atoms with van der Waals surface area (Å²) in [7, 11) is 0. The Morgan fingerprint density at radius 2 is 2.40 bits per heavy atom. The zero-order chi connectivity index (χ0) is 8.85. The van der Waals surface area contributed by atoms with Crippen LogP contribution in [0.2, 0.25) is 0 Å². The van der Waals surface area contributed by atoms with Crippen LogP contribution in [0.5, 0.6) is 0 Å². The first-order valence-corrected chi connectivity index (χ1v) is 2.89. The van der Waals surface area contributed by atoms with Crippen molar-refractivity contribution in [1.29, 1.82) is 0 Å². The minimum absolute atomic E-state index is 0.0157. The fourth-order valence-corrected chi connectivity index (χ4v) is 0.375. The average Bonchev–Trinajstić information content (AvgIpc) is 1.87. The first-order chi connectivity index (χ1) is 5.07. The van der Waals surface area contributed by atoms with Gasteiger partial charge in [0, 0.05) is 7.79 Å². The van der Waals surface area contributed by atoms with E-state index in [1.54, 1.807) is 0 Å². The SMILES string of the molecule is [2H]CCC(=O)N[C@@H](C)C(=O)O. The highest BCUT2D eigenvalue weighted by Crippen LogP contribution is 1.82. The van der Waals surface area contributed by atoms with Crippen LogP contribution in [0.15, 0.2) is 0 Å². The monoisotopic (exact) mass is 146 g/mol. The van der Waals surface area contributed by atoms with Crippen LogP contribution < -0.4 is 5.32 Å². The Hall–Kier alpha value is -1.06. The zero-order valence-electron chi connectivity index (χ0n) is 6.76. The van der Waals surface area contributed by atoms with Crippen molar-refractivity contribution in [2.45, 2.75) is 26.3 Å². The first kappa shape index (κ1) is 7.05. The molecule has 0 aromatic carbocycles. The van der Waals surface area contributed by atoms with Gasteiger partial charge < -0.3 is 10.4 Å². The third-order valence-electron chi connectivity index (χ3n) is 0.975. The van der Waals surface area contributed by atoms with E-state index in [1.807, 2.05) is 0 Å². The number of hydrogen-bond donors (Lipinski definition) is 2. The van der Waals surface area contributed by atoms with E-state index in [2.05, 4.69) is 5.32 Å². The maximum atomic E-state index is 10.7. The van der Waals surface area contributed by atoms with Crippen molar-refractivity contribution in [3.63, 3.8) is 0 Å². The molecule has 10 heavy (non-hydrogen) atoms. The van der Waals surface area contributed by atoms with Crippen LogP contribution in [-0.4, -0.2) is 23.0 Å². The Morgan fingerprint density at radius 3 is 2.80 bits per heavy atom. The van der Waals surface area contributed by atoms with Crippen LogP contribution in [0.4, 0.5) is 0 Å². The number of carbonyl (C=O) groups is 2. The van der Waals surface area contributed by atoms with Crippen LogP contribution in [-0.2, 0) is 9.59 Å². The molecule has 1 atom stereocenters. The molecule has 0 heterocycles. The maximum absolute atomic E-state index is 10.7. The normalized spacial score (nSPS) is 13.5. The van der Waals surface area contributed by atoms with Gasteiger partial charge in [-0.25, -0.2) is 0 Å². The van der Waals surface area contributed by atoms with E-state index in [0.29, 0.717) is 0 Å². The molecule has 0 spiro atoms. The third-order valence-corrected chi connectivity index (χ3v) is 0.975. The molecule has 0 saturated heterocycles. The Bertz CT molecular complexity index is 160. The molecule has 0 saturated carbocycles. The molecule has 0 fully saturated rings. The largest absolute Gasteiger partial charge is 0.480 e. The predicted molar refractivity (Wildman–Crippen MR) is 35.5 cm³/mol. The maximum Gasteiger partial charge on any atom is 0.325 e. The molecule has 0 unspecified atom stereocenters. The van der Waals surface area contributed by atoms with E-state index in [0.717, 1.165) is 0 Å². The lowest BCUT2D eigenvalue weighted by atomic mass is 10.3. The van der Waals surface area contributed by atoms with Crippen LogP contribution >= 0.6 is 0 Å². The summed E-state index contributed by atoms with van der Waals surface area (Å²) in [5, 5.41) is 10.6. The summed E-state index contributed by atoms with van der Waals surface area (Å²) in [5.74, 6) is -1.46. The van der Waals surface area contributed by atoms with Crippen LogP contribution in [0.25, 0.3) is 0 Å². The summed E-state index contributed by atoms with van der Waals surface area (Å²) in [6.45, 7) is 1.36. The van der Waals surface area contributed by atoms with Crippen molar-refractivity contribution in [2.75, 3.05) is 0 Å². The molecule has 0 aliphatic carbocycles. The highest BCUT2D eigenvalue weighted by Gasteiger charge is 2.11. The van der Waals surface area contributed by atoms with E-state index in [1.165, 1.54) is 6.92 Å². The molecule has 2 N–H and O–H groups in total. The standard InChI is InChI=1S/C6H11NO3/c1-3-5(8)7-4(2)6(9)10/h4H,3H2,1-2H3,(H,7,8)(H,9,10)/t4-/m0/s1/i1D. The predicted octanol–water partition coefficient (Wildman–Crippen LogP) is -0.0143. The lowest BCUT2D eigenvalue weighted by Crippen LogP contribution is -2.37. The summed E-state index contributed by atoms with van der Waals surface area (Å²) in [4.78, 5) is 20.8. The Kier molecular flexibility index (Phi) is 2.73. The molecule has 4 nitrogen and oxygen atoms in total. The second kappa shape index (κ2) is 3.87. The number of rotatable bonds is 3. The average molecular weight is 146 g/mol. The molecule has 0 aromatic rings. The Labute approximate surface area is 60.6 Å². The Balaban J connectivity index is 3.66. The second-order valence-electron chi connectivity index (χ2n) is 1.88. The summed E-state index contributed by atoms with van der Waals surface area (Å²) in [6, 6.07) is -0.867. The summed E-state index contributed by atoms with van der Waals surface area (Å²) >= 11 is 0. The number of carboxylic acids is 1. The second-order valence-corrected chi connectivity index (χ2v) is 1.88. The highest BCUT2D eigenvalue weighted by atomic mass is 16.4. The molecule has 0 bridgehead atoms. The van der Waals surface area contributed by atoms with E-state index < -0.39 is 17.9 Å². The third kappa shape index (κ3) is 3.06. The van der Waals surface area contributed by atoms with Gasteiger partial charge >= 0.3 is 5.97 Å². The first-order valence-electron chi connectivity index (χ1n) is 3.60. The summed E-state index contributed by atoms with van der Waals surface area (Å²) in [6.07, 6.45) is 0.0532. The summed E-state index contributed by atoms with van der Waals surface area (Å²) < 4.78 is 6.68. The highest BCUT2D eigenvalue weighted by molar-refractivity contribution is 5.82. The lowest BCUT2D eigenvalue weighted by molar-refractivity contribution is -0.141. The van der Waals surface area contributed by atoms with Gasteiger partial charge in [0.1, 0.15) is 6.04 Å². The van der Waals surface area contributed by atoms with Gasteiger partial charge in [0.15, 0.2) is 0 Å². The topological polar surface area (TPSA) is 66.4 Å². The Morgan fingerprint density at radius 1 is 1.80 bits per heavy atom. The van der Waals surface area contributed by atoms with Gasteiger partial charge in [-0.2, -0.15) is 0 Å². The molecule has 0 rings (SSSR count). The van der Waals surface area contributed by atoms with E-state index in [4.69, 9.17) is 6.48 Å². The van der Waals surface area contributed by atoms with E-state index in [-0.39, 0.29) is 13.3 Å². The molecular weight excluding hydrogens is 134 g/mol. The molecule has 0 aromatic heterocycles. The van der Waals surface area contributed by atoms with Gasteiger partial charge in [0.25, 0.3) is 0 Å². The van der Waals surface area contributed by atoms with Gasteiger partial charge in [-0.05, 0) is 6.92 Å². The van der Waals surface area contributed by atoms with Gasteiger partial charge in [-0.15, -0.1) is 0 Å². The van der Waals surface area contributed by atoms with Gasteiger partial charge in [-0.1, -0.05) is 6.90 Å². The molecule has 0 aliphatic heterocycles. The minimum atomic E-state index is -1.07. The number of carbonyl (C=O) groups excluding carboxylic acids is 1. The minimum Gasteiger partial charge on any atom is -0.480 e. The molecule has 0 radical (unpaired) electrons. The fraction of sp³-hybridized carbons (Fsp3) is 0.667. The molecule has 4 heteroatoms. The fourth-order valence-electron chi connectivity index (χ4n) is 0.375. The molecule has 58 valence electrons. The van der Waals surface area contributed by atoms with E-state index in [9.17, 15) is 9.59 Å². The van der Waals surface area contributed by atoms with Crippen molar-refractivity contribution in [3.05, 3.63) is 0 Å². The van der Waals surface area contributed by atoms with Gasteiger partial charge in [0.05, 0.1) is 0 Å².